The van der Waals surface area contributed by atoms with Gasteiger partial charge in [-0.25, -0.2) is 0 Å². The minimum atomic E-state index is -0.283. The number of amides is 1. The van der Waals surface area contributed by atoms with E-state index in [1.807, 2.05) is 6.92 Å². The van der Waals surface area contributed by atoms with Gasteiger partial charge in [-0.2, -0.15) is 5.21 Å². The Morgan fingerprint density at radius 1 is 1.50 bits per heavy atom. The highest BCUT2D eigenvalue weighted by molar-refractivity contribution is 7.12. The second-order valence-corrected chi connectivity index (χ2v) is 5.25. The molecule has 0 aromatic carbocycles. The molecule has 1 atom stereocenters. The molecule has 0 saturated carbocycles. The summed E-state index contributed by atoms with van der Waals surface area (Å²) >= 11 is 1.25. The number of nitrogens with zero attached hydrogens (tertiary/aromatic N) is 3. The zero-order chi connectivity index (χ0) is 14.5. The summed E-state index contributed by atoms with van der Waals surface area (Å²) < 4.78 is 0. The predicted molar refractivity (Wildman–Crippen MR) is 73.6 cm³/mol. The third kappa shape index (κ3) is 3.27. The lowest BCUT2D eigenvalue weighted by Gasteiger charge is -2.13. The average molecular weight is 293 g/mol. The van der Waals surface area contributed by atoms with Crippen LogP contribution >= 0.6 is 11.3 Å². The van der Waals surface area contributed by atoms with E-state index in [0.717, 1.165) is 12.8 Å². The van der Waals surface area contributed by atoms with E-state index in [9.17, 15) is 9.59 Å². The molecule has 20 heavy (non-hydrogen) atoms. The molecule has 0 aliphatic rings. The Balaban J connectivity index is 2.09. The third-order valence-corrected chi connectivity index (χ3v) is 3.71. The van der Waals surface area contributed by atoms with Gasteiger partial charge in [0, 0.05) is 10.9 Å². The predicted octanol–water partition coefficient (Wildman–Crippen LogP) is 1.73. The van der Waals surface area contributed by atoms with Crippen LogP contribution in [-0.4, -0.2) is 32.3 Å². The van der Waals surface area contributed by atoms with Gasteiger partial charge in [-0.15, -0.1) is 21.5 Å². The molecular weight excluding hydrogens is 278 g/mol. The zero-order valence-corrected chi connectivity index (χ0v) is 12.0. The Morgan fingerprint density at radius 2 is 2.30 bits per heavy atom. The molecule has 1 unspecified atom stereocenters. The van der Waals surface area contributed by atoms with Gasteiger partial charge in [-0.1, -0.05) is 18.6 Å². The highest BCUT2D eigenvalue weighted by Gasteiger charge is 2.20. The van der Waals surface area contributed by atoms with Crippen molar-refractivity contribution in [3.63, 3.8) is 0 Å². The van der Waals surface area contributed by atoms with E-state index < -0.39 is 0 Å². The number of thiophene rings is 1. The summed E-state index contributed by atoms with van der Waals surface area (Å²) in [5.41, 5.74) is 0.548. The maximum Gasteiger partial charge on any atom is 0.261 e. The summed E-state index contributed by atoms with van der Waals surface area (Å²) in [7, 11) is 0. The summed E-state index contributed by atoms with van der Waals surface area (Å²) in [4.78, 5) is 23.9. The molecule has 0 aliphatic carbocycles. The molecule has 1 amide bonds. The van der Waals surface area contributed by atoms with Crippen molar-refractivity contribution in [2.24, 2.45) is 0 Å². The molecule has 0 fully saturated rings. The Hall–Kier alpha value is -2.09. The van der Waals surface area contributed by atoms with Gasteiger partial charge in [0.2, 0.25) is 0 Å². The molecule has 0 aliphatic heterocycles. The van der Waals surface area contributed by atoms with Gasteiger partial charge >= 0.3 is 0 Å². The van der Waals surface area contributed by atoms with E-state index in [2.05, 4.69) is 25.9 Å². The molecule has 2 aromatic rings. The fourth-order valence-corrected chi connectivity index (χ4v) is 2.59. The van der Waals surface area contributed by atoms with Crippen molar-refractivity contribution in [3.05, 3.63) is 27.7 Å². The number of aromatic nitrogens is 4. The first-order valence-corrected chi connectivity index (χ1v) is 7.13. The smallest absolute Gasteiger partial charge is 0.261 e. The van der Waals surface area contributed by atoms with Crippen molar-refractivity contribution in [2.75, 3.05) is 0 Å². The van der Waals surface area contributed by atoms with Crippen molar-refractivity contribution in [3.8, 4) is 0 Å². The van der Waals surface area contributed by atoms with Crippen LogP contribution in [-0.2, 0) is 0 Å². The Bertz CT molecular complexity index is 593. The van der Waals surface area contributed by atoms with Crippen LogP contribution in [0, 0.1) is 0 Å². The van der Waals surface area contributed by atoms with Crippen LogP contribution in [0.15, 0.2) is 11.4 Å². The Morgan fingerprint density at radius 3 is 2.85 bits per heavy atom. The molecule has 2 aromatic heterocycles. The van der Waals surface area contributed by atoms with Gasteiger partial charge in [0.25, 0.3) is 5.91 Å². The normalized spacial score (nSPS) is 12.1. The van der Waals surface area contributed by atoms with Crippen LogP contribution < -0.4 is 5.32 Å². The first kappa shape index (κ1) is 14.3. The van der Waals surface area contributed by atoms with Gasteiger partial charge < -0.3 is 5.32 Å². The summed E-state index contributed by atoms with van der Waals surface area (Å²) in [6.07, 6.45) is 1.60. The monoisotopic (exact) mass is 293 g/mol. The molecule has 2 rings (SSSR count). The summed E-state index contributed by atoms with van der Waals surface area (Å²) in [6, 6.07) is 1.32. The lowest BCUT2D eigenvalue weighted by atomic mass is 10.1. The van der Waals surface area contributed by atoms with Crippen LogP contribution in [0.4, 0.5) is 0 Å². The first-order valence-electron chi connectivity index (χ1n) is 6.25. The number of carbonyl (C=O) groups is 2. The van der Waals surface area contributed by atoms with Crippen molar-refractivity contribution in [1.29, 1.82) is 0 Å². The van der Waals surface area contributed by atoms with Crippen molar-refractivity contribution in [2.45, 2.75) is 32.7 Å². The molecule has 7 nitrogen and oxygen atoms in total. The number of hydrogen-bond donors (Lipinski definition) is 2. The summed E-state index contributed by atoms with van der Waals surface area (Å²) in [6.45, 7) is 3.49. The highest BCUT2D eigenvalue weighted by Crippen LogP contribution is 2.18. The molecule has 106 valence electrons. The number of H-pyrrole nitrogens is 1. The third-order valence-electron chi connectivity index (χ3n) is 2.79. The second kappa shape index (κ2) is 6.38. The number of rotatable bonds is 6. The van der Waals surface area contributed by atoms with Crippen molar-refractivity contribution >= 4 is 23.0 Å². The van der Waals surface area contributed by atoms with Gasteiger partial charge in [-0.3, -0.25) is 9.59 Å². The van der Waals surface area contributed by atoms with Gasteiger partial charge in [0.05, 0.1) is 10.9 Å². The minimum absolute atomic E-state index is 0.0522. The van der Waals surface area contributed by atoms with Crippen LogP contribution in [0.5, 0.6) is 0 Å². The van der Waals surface area contributed by atoms with E-state index in [1.54, 1.807) is 11.4 Å². The Kier molecular flexibility index (Phi) is 4.57. The van der Waals surface area contributed by atoms with Crippen LogP contribution in [0.3, 0.4) is 0 Å². The molecule has 0 bridgehead atoms. The molecular formula is C12H15N5O2S. The van der Waals surface area contributed by atoms with Crippen LogP contribution in [0.1, 0.15) is 58.6 Å². The Labute approximate surface area is 119 Å². The molecule has 2 heterocycles. The van der Waals surface area contributed by atoms with E-state index >= 15 is 0 Å². The lowest BCUT2D eigenvalue weighted by Crippen LogP contribution is -2.28. The lowest BCUT2D eigenvalue weighted by molar-refractivity contribution is 0.0936. The maximum absolute atomic E-state index is 12.2. The largest absolute Gasteiger partial charge is 0.341 e. The van der Waals surface area contributed by atoms with Gasteiger partial charge in [-0.05, 0) is 19.4 Å². The standard InChI is InChI=1S/C12H15N5O2S/c1-3-4-9(11-14-16-17-15-11)13-12(19)10-5-8(6-20-10)7(2)18/h5-6,9H,3-4H2,1-2H3,(H,13,19)(H,14,15,16,17). The highest BCUT2D eigenvalue weighted by atomic mass is 32.1. The number of hydrogen-bond acceptors (Lipinski definition) is 6. The number of aromatic amines is 1. The van der Waals surface area contributed by atoms with E-state index in [4.69, 9.17) is 0 Å². The van der Waals surface area contributed by atoms with E-state index in [-0.39, 0.29) is 17.7 Å². The molecule has 8 heteroatoms. The van der Waals surface area contributed by atoms with Crippen LogP contribution in [0.25, 0.3) is 0 Å². The number of tetrazole rings is 1. The summed E-state index contributed by atoms with van der Waals surface area (Å²) in [5, 5.41) is 18.2. The zero-order valence-electron chi connectivity index (χ0n) is 11.2. The van der Waals surface area contributed by atoms with Gasteiger partial charge in [0.1, 0.15) is 0 Å². The van der Waals surface area contributed by atoms with E-state index in [1.165, 1.54) is 18.3 Å². The molecule has 0 saturated heterocycles. The minimum Gasteiger partial charge on any atom is -0.341 e. The summed E-state index contributed by atoms with van der Waals surface area (Å²) in [5.74, 6) is 0.179. The average Bonchev–Trinajstić information content (AvgIpc) is 3.09. The molecule has 2 N–H and O–H groups in total. The number of nitrogens with one attached hydrogen (secondary N) is 2. The van der Waals surface area contributed by atoms with Crippen molar-refractivity contribution in [1.82, 2.24) is 25.9 Å². The fourth-order valence-electron chi connectivity index (χ4n) is 1.74. The van der Waals surface area contributed by atoms with Crippen molar-refractivity contribution < 1.29 is 9.59 Å². The topological polar surface area (TPSA) is 101 Å². The quantitative estimate of drug-likeness (QED) is 0.790. The van der Waals surface area contributed by atoms with Crippen LogP contribution in [0.2, 0.25) is 0 Å². The number of ketones is 1. The second-order valence-electron chi connectivity index (χ2n) is 4.34. The molecule has 0 radical (unpaired) electrons. The number of carbonyl (C=O) groups excluding carboxylic acids is 2. The first-order chi connectivity index (χ1) is 9.61. The molecule has 0 spiro atoms. The fraction of sp³-hybridized carbons (Fsp3) is 0.417. The SMILES string of the molecule is CCCC(NC(=O)c1cc(C(C)=O)cs1)c1nn[nH]n1. The van der Waals surface area contributed by atoms with E-state index in [0.29, 0.717) is 16.3 Å². The number of Topliss-reactive ketones (excluding diaryl/α,β-unsaturated/α-hetero) is 1. The maximum atomic E-state index is 12.2. The van der Waals surface area contributed by atoms with Gasteiger partial charge in [0.15, 0.2) is 11.6 Å².